The standard InChI is InChI=1S/C22H18BrF3N2O3/c23-14-7-8-19-13(10-14)11-16(20(29)27-12-15-4-3-9-30-15)21(31-19)28-18-6-2-1-5-17(18)22(24,25)26/h1-2,5-8,10-11,15H,3-4,9,12H2,(H,27,29)/t15-/m1/s1. The molecule has 1 aliphatic heterocycles. The molecule has 1 aliphatic rings. The number of halogens is 4. The molecule has 162 valence electrons. The quantitative estimate of drug-likeness (QED) is 0.531. The molecule has 0 bridgehead atoms. The van der Waals surface area contributed by atoms with Crippen LogP contribution in [-0.4, -0.2) is 25.2 Å². The molecule has 1 atom stereocenters. The molecule has 4 rings (SSSR count). The van der Waals surface area contributed by atoms with Gasteiger partial charge in [0, 0.05) is 23.0 Å². The van der Waals surface area contributed by atoms with Gasteiger partial charge in [-0.2, -0.15) is 13.2 Å². The first kappa shape index (κ1) is 21.6. The first-order valence-corrected chi connectivity index (χ1v) is 10.4. The molecule has 2 heterocycles. The Bertz CT molecular complexity index is 1180. The van der Waals surface area contributed by atoms with Gasteiger partial charge in [0.2, 0.25) is 5.55 Å². The van der Waals surface area contributed by atoms with Gasteiger partial charge in [0.05, 0.1) is 17.4 Å². The van der Waals surface area contributed by atoms with Crippen LogP contribution in [0.3, 0.4) is 0 Å². The van der Waals surface area contributed by atoms with Crippen molar-refractivity contribution in [2.24, 2.45) is 4.99 Å². The lowest BCUT2D eigenvalue weighted by Crippen LogP contribution is -2.34. The van der Waals surface area contributed by atoms with Crippen molar-refractivity contribution < 1.29 is 27.1 Å². The molecule has 1 saturated heterocycles. The molecular formula is C22H18BrF3N2O3. The highest BCUT2D eigenvalue weighted by Crippen LogP contribution is 2.35. The van der Waals surface area contributed by atoms with Crippen molar-refractivity contribution in [2.45, 2.75) is 25.1 Å². The normalized spacial score (nSPS) is 17.3. The SMILES string of the molecule is O=C(NC[C@H]1CCCO1)c1cc2cc(Br)ccc2oc1=Nc1ccccc1C(F)(F)F. The van der Waals surface area contributed by atoms with Crippen LogP contribution in [0, 0.1) is 0 Å². The number of benzene rings is 2. The molecule has 5 nitrogen and oxygen atoms in total. The van der Waals surface area contributed by atoms with Gasteiger partial charge in [0.25, 0.3) is 5.91 Å². The van der Waals surface area contributed by atoms with Crippen LogP contribution in [-0.2, 0) is 10.9 Å². The largest absolute Gasteiger partial charge is 0.438 e. The number of nitrogens with one attached hydrogen (secondary N) is 1. The Balaban J connectivity index is 1.81. The van der Waals surface area contributed by atoms with Gasteiger partial charge >= 0.3 is 6.18 Å². The number of hydrogen-bond donors (Lipinski definition) is 1. The average Bonchev–Trinajstić information content (AvgIpc) is 3.25. The number of ether oxygens (including phenoxy) is 1. The Morgan fingerprint density at radius 2 is 2.00 bits per heavy atom. The van der Waals surface area contributed by atoms with E-state index < -0.39 is 17.6 Å². The summed E-state index contributed by atoms with van der Waals surface area (Å²) in [6.07, 6.45) is -2.91. The maximum absolute atomic E-state index is 13.4. The zero-order chi connectivity index (χ0) is 22.0. The van der Waals surface area contributed by atoms with Gasteiger partial charge in [-0.3, -0.25) is 4.79 Å². The van der Waals surface area contributed by atoms with Crippen molar-refractivity contribution in [3.8, 4) is 0 Å². The fourth-order valence-electron chi connectivity index (χ4n) is 3.37. The topological polar surface area (TPSA) is 63.8 Å². The van der Waals surface area contributed by atoms with Crippen LogP contribution in [0.5, 0.6) is 0 Å². The van der Waals surface area contributed by atoms with E-state index in [1.54, 1.807) is 24.3 Å². The minimum absolute atomic E-state index is 0.0422. The van der Waals surface area contributed by atoms with Crippen molar-refractivity contribution in [3.63, 3.8) is 0 Å². The summed E-state index contributed by atoms with van der Waals surface area (Å²) in [6.45, 7) is 0.947. The molecule has 0 unspecified atom stereocenters. The minimum Gasteiger partial charge on any atom is -0.438 e. The summed E-state index contributed by atoms with van der Waals surface area (Å²) in [5, 5.41) is 3.38. The highest BCUT2D eigenvalue weighted by molar-refractivity contribution is 9.10. The molecule has 31 heavy (non-hydrogen) atoms. The summed E-state index contributed by atoms with van der Waals surface area (Å²) in [5.41, 5.74) is -1.01. The monoisotopic (exact) mass is 494 g/mol. The Morgan fingerprint density at radius 1 is 1.19 bits per heavy atom. The van der Waals surface area contributed by atoms with Gasteiger partial charge in [-0.1, -0.05) is 28.1 Å². The second-order valence-electron chi connectivity index (χ2n) is 7.12. The molecule has 1 N–H and O–H groups in total. The first-order chi connectivity index (χ1) is 14.8. The van der Waals surface area contributed by atoms with E-state index in [0.29, 0.717) is 24.1 Å². The molecule has 2 aromatic carbocycles. The maximum Gasteiger partial charge on any atom is 0.418 e. The number of carbonyl (C=O) groups is 1. The van der Waals surface area contributed by atoms with Crippen molar-refractivity contribution in [2.75, 3.05) is 13.2 Å². The Kier molecular flexibility index (Phi) is 6.15. The highest BCUT2D eigenvalue weighted by atomic mass is 79.9. The second kappa shape index (κ2) is 8.84. The summed E-state index contributed by atoms with van der Waals surface area (Å²) in [7, 11) is 0. The third kappa shape index (κ3) is 4.99. The summed E-state index contributed by atoms with van der Waals surface area (Å²) in [6, 6.07) is 11.6. The lowest BCUT2D eigenvalue weighted by atomic mass is 10.1. The van der Waals surface area contributed by atoms with E-state index in [1.165, 1.54) is 18.2 Å². The molecule has 0 spiro atoms. The van der Waals surface area contributed by atoms with Crippen molar-refractivity contribution in [1.29, 1.82) is 0 Å². The lowest BCUT2D eigenvalue weighted by Gasteiger charge is -2.12. The number of alkyl halides is 3. The summed E-state index contributed by atoms with van der Waals surface area (Å²) in [5.74, 6) is -0.496. The van der Waals surface area contributed by atoms with Gasteiger partial charge in [-0.25, -0.2) is 4.99 Å². The molecule has 3 aromatic rings. The van der Waals surface area contributed by atoms with Crippen LogP contribution in [0.1, 0.15) is 28.8 Å². The number of nitrogens with zero attached hydrogens (tertiary/aromatic N) is 1. The van der Waals surface area contributed by atoms with Gasteiger partial charge in [-0.15, -0.1) is 0 Å². The smallest absolute Gasteiger partial charge is 0.418 e. The number of carbonyl (C=O) groups excluding carboxylic acids is 1. The van der Waals surface area contributed by atoms with Crippen LogP contribution in [0.25, 0.3) is 11.0 Å². The molecule has 0 aliphatic carbocycles. The molecule has 1 amide bonds. The fourth-order valence-corrected chi connectivity index (χ4v) is 3.75. The van der Waals surface area contributed by atoms with Gasteiger partial charge < -0.3 is 14.5 Å². The Hall–Kier alpha value is -2.65. The first-order valence-electron chi connectivity index (χ1n) is 9.65. The lowest BCUT2D eigenvalue weighted by molar-refractivity contribution is -0.137. The van der Waals surface area contributed by atoms with Crippen LogP contribution < -0.4 is 10.9 Å². The molecule has 0 radical (unpaired) electrons. The third-order valence-electron chi connectivity index (χ3n) is 4.90. The number of rotatable bonds is 4. The maximum atomic E-state index is 13.4. The van der Waals surface area contributed by atoms with Gasteiger partial charge in [0.15, 0.2) is 0 Å². The average molecular weight is 495 g/mol. The Labute approximate surface area is 184 Å². The van der Waals surface area contributed by atoms with Crippen LogP contribution in [0.4, 0.5) is 18.9 Å². The Morgan fingerprint density at radius 3 is 2.74 bits per heavy atom. The molecule has 1 aromatic heterocycles. The summed E-state index contributed by atoms with van der Waals surface area (Å²) in [4.78, 5) is 17.0. The zero-order valence-electron chi connectivity index (χ0n) is 16.2. The highest BCUT2D eigenvalue weighted by Gasteiger charge is 2.33. The van der Waals surface area contributed by atoms with Crippen LogP contribution in [0.2, 0.25) is 0 Å². The molecule has 9 heteroatoms. The number of fused-ring (bicyclic) bond motifs is 1. The predicted molar refractivity (Wildman–Crippen MR) is 112 cm³/mol. The van der Waals surface area contributed by atoms with Crippen LogP contribution in [0.15, 0.2) is 62.4 Å². The summed E-state index contributed by atoms with van der Waals surface area (Å²) >= 11 is 3.37. The fraction of sp³-hybridized carbons (Fsp3) is 0.273. The van der Waals surface area contributed by atoms with E-state index in [-0.39, 0.29) is 22.9 Å². The van der Waals surface area contributed by atoms with E-state index in [1.807, 2.05) is 0 Å². The van der Waals surface area contributed by atoms with Crippen molar-refractivity contribution >= 4 is 38.5 Å². The van der Waals surface area contributed by atoms with E-state index in [9.17, 15) is 18.0 Å². The second-order valence-corrected chi connectivity index (χ2v) is 8.03. The summed E-state index contributed by atoms with van der Waals surface area (Å²) < 4.78 is 52.3. The van der Waals surface area contributed by atoms with E-state index in [0.717, 1.165) is 23.4 Å². The number of para-hydroxylation sites is 1. The third-order valence-corrected chi connectivity index (χ3v) is 5.39. The molecular weight excluding hydrogens is 477 g/mol. The minimum atomic E-state index is -4.59. The van der Waals surface area contributed by atoms with Gasteiger partial charge in [-0.05, 0) is 49.2 Å². The van der Waals surface area contributed by atoms with Crippen molar-refractivity contribution in [3.05, 3.63) is 69.7 Å². The molecule has 0 saturated carbocycles. The zero-order valence-corrected chi connectivity index (χ0v) is 17.8. The predicted octanol–water partition coefficient (Wildman–Crippen LogP) is 5.36. The van der Waals surface area contributed by atoms with E-state index in [4.69, 9.17) is 9.15 Å². The molecule has 1 fully saturated rings. The van der Waals surface area contributed by atoms with Gasteiger partial charge in [0.1, 0.15) is 11.1 Å². The van der Waals surface area contributed by atoms with E-state index >= 15 is 0 Å². The number of amides is 1. The number of hydrogen-bond acceptors (Lipinski definition) is 4. The van der Waals surface area contributed by atoms with E-state index in [2.05, 4.69) is 26.2 Å². The van der Waals surface area contributed by atoms with Crippen molar-refractivity contribution in [1.82, 2.24) is 5.32 Å². The van der Waals surface area contributed by atoms with Crippen LogP contribution >= 0.6 is 15.9 Å².